The van der Waals surface area contributed by atoms with Crippen LogP contribution in [-0.4, -0.2) is 29.8 Å². The Balaban J connectivity index is 0.00000353. The molecule has 3 heterocycles. The largest absolute Gasteiger partial charge is 0.366 e. The number of nitrogens with two attached hydrogens (primary N) is 1. The zero-order valence-electron chi connectivity index (χ0n) is 24.0. The van der Waals surface area contributed by atoms with Crippen LogP contribution in [0.15, 0.2) is 71.9 Å². The van der Waals surface area contributed by atoms with E-state index in [1.54, 1.807) is 42.7 Å². The second-order valence-electron chi connectivity index (χ2n) is 10.9. The van der Waals surface area contributed by atoms with E-state index < -0.39 is 15.9 Å². The second kappa shape index (κ2) is 11.0. The van der Waals surface area contributed by atoms with Crippen molar-refractivity contribution < 1.29 is 13.2 Å². The summed E-state index contributed by atoms with van der Waals surface area (Å²) in [7, 11) is -3.94. The minimum Gasteiger partial charge on any atom is -0.366 e. The molecular formula is C33H33ClN4O3S. The number of rotatable bonds is 5. The highest BCUT2D eigenvalue weighted by atomic mass is 35.5. The predicted molar refractivity (Wildman–Crippen MR) is 170 cm³/mol. The second-order valence-corrected chi connectivity index (χ2v) is 12.7. The van der Waals surface area contributed by atoms with Gasteiger partial charge in [-0.2, -0.15) is 0 Å². The van der Waals surface area contributed by atoms with Gasteiger partial charge in [0, 0.05) is 41.0 Å². The van der Waals surface area contributed by atoms with Gasteiger partial charge in [-0.15, -0.1) is 12.4 Å². The minimum atomic E-state index is -3.94. The maximum atomic E-state index is 13.9. The number of benzene rings is 3. The van der Waals surface area contributed by atoms with Crippen LogP contribution in [0.2, 0.25) is 0 Å². The quantitative estimate of drug-likeness (QED) is 0.257. The lowest BCUT2D eigenvalue weighted by Crippen LogP contribution is -2.24. The summed E-state index contributed by atoms with van der Waals surface area (Å²) in [6, 6.07) is 16.8. The van der Waals surface area contributed by atoms with Crippen LogP contribution in [0.4, 0.5) is 0 Å². The number of nitrogens with zero attached hydrogens (tertiary/aromatic N) is 2. The summed E-state index contributed by atoms with van der Waals surface area (Å²) in [5.74, 6) is -0.497. The first-order valence-corrected chi connectivity index (χ1v) is 15.1. The molecule has 1 aliphatic rings. The number of amides is 1. The summed E-state index contributed by atoms with van der Waals surface area (Å²) in [5.41, 5.74) is 16.4. The minimum absolute atomic E-state index is 0. The molecule has 42 heavy (non-hydrogen) atoms. The molecular weight excluding hydrogens is 568 g/mol. The Morgan fingerprint density at radius 2 is 1.67 bits per heavy atom. The van der Waals surface area contributed by atoms with Crippen molar-refractivity contribution in [1.82, 2.24) is 14.3 Å². The number of hydrogen-bond donors (Lipinski definition) is 2. The Hall–Kier alpha value is -3.98. The fraction of sp³-hybridized carbons (Fsp3) is 0.212. The van der Waals surface area contributed by atoms with E-state index in [0.717, 1.165) is 58.5 Å². The highest BCUT2D eigenvalue weighted by molar-refractivity contribution is 7.90. The lowest BCUT2D eigenvalue weighted by Gasteiger charge is -2.20. The fourth-order valence-corrected chi connectivity index (χ4v) is 7.13. The number of carbonyl (C=O) groups excluding carboxylic acids is 1. The van der Waals surface area contributed by atoms with E-state index in [1.807, 2.05) is 32.9 Å². The molecule has 1 amide bonds. The maximum Gasteiger partial charge on any atom is 0.269 e. The van der Waals surface area contributed by atoms with Crippen LogP contribution in [0.1, 0.15) is 43.7 Å². The third kappa shape index (κ3) is 4.89. The smallest absolute Gasteiger partial charge is 0.269 e. The molecule has 3 aromatic carbocycles. The number of nitrogens with one attached hydrogen (secondary N) is 1. The normalized spacial score (nSPS) is 13.0. The molecule has 9 heteroatoms. The van der Waals surface area contributed by atoms with Crippen LogP contribution >= 0.6 is 12.4 Å². The maximum absolute atomic E-state index is 13.9. The monoisotopic (exact) mass is 600 g/mol. The van der Waals surface area contributed by atoms with Gasteiger partial charge in [0.05, 0.1) is 4.90 Å². The van der Waals surface area contributed by atoms with Crippen molar-refractivity contribution in [2.45, 2.75) is 45.6 Å². The van der Waals surface area contributed by atoms with Crippen molar-refractivity contribution in [3.05, 3.63) is 106 Å². The first-order chi connectivity index (χ1) is 19.6. The molecule has 0 unspecified atom stereocenters. The van der Waals surface area contributed by atoms with Gasteiger partial charge in [-0.25, -0.2) is 17.4 Å². The van der Waals surface area contributed by atoms with Crippen LogP contribution in [-0.2, 0) is 23.0 Å². The summed E-state index contributed by atoms with van der Waals surface area (Å²) in [6.07, 6.45) is 4.36. The average molecular weight is 601 g/mol. The van der Waals surface area contributed by atoms with Crippen molar-refractivity contribution in [2.24, 2.45) is 5.73 Å². The van der Waals surface area contributed by atoms with Gasteiger partial charge >= 0.3 is 0 Å². The first-order valence-electron chi connectivity index (χ1n) is 13.6. The number of pyridine rings is 1. The molecule has 0 aliphatic carbocycles. The van der Waals surface area contributed by atoms with E-state index >= 15 is 0 Å². The number of carbonyl (C=O) groups is 1. The van der Waals surface area contributed by atoms with Gasteiger partial charge in [0.15, 0.2) is 5.65 Å². The number of aromatic nitrogens is 2. The highest BCUT2D eigenvalue weighted by Gasteiger charge is 2.25. The molecule has 0 spiro atoms. The summed E-state index contributed by atoms with van der Waals surface area (Å²) in [6.45, 7) is 9.63. The lowest BCUT2D eigenvalue weighted by atomic mass is 9.91. The Bertz CT molecular complexity index is 1980. The van der Waals surface area contributed by atoms with Crippen LogP contribution in [0, 0.1) is 27.7 Å². The summed E-state index contributed by atoms with van der Waals surface area (Å²) < 4.78 is 29.1. The number of halogens is 1. The molecule has 0 fully saturated rings. The van der Waals surface area contributed by atoms with Crippen molar-refractivity contribution in [1.29, 1.82) is 0 Å². The Kier molecular flexibility index (Phi) is 7.74. The highest BCUT2D eigenvalue weighted by Crippen LogP contribution is 2.38. The molecule has 0 atom stereocenters. The van der Waals surface area contributed by atoms with Crippen molar-refractivity contribution in [3.8, 4) is 22.3 Å². The zero-order chi connectivity index (χ0) is 29.1. The Labute approximate surface area is 252 Å². The van der Waals surface area contributed by atoms with Gasteiger partial charge in [-0.05, 0) is 104 Å². The van der Waals surface area contributed by atoms with Crippen molar-refractivity contribution >= 4 is 39.4 Å². The molecule has 1 aliphatic heterocycles. The van der Waals surface area contributed by atoms with E-state index in [-0.39, 0.29) is 17.3 Å². The molecule has 0 saturated carbocycles. The molecule has 5 aromatic rings. The van der Waals surface area contributed by atoms with Gasteiger partial charge in [-0.1, -0.05) is 35.9 Å². The standard InChI is InChI=1S/C33H32N4O3S.ClH/c1-19-5-7-26(8-6-19)41(39,40)37-18-31(27-9-10-28(32(34)38)22(4)21(27)3)29-15-25(16-36-33(29)37)24-13-20(2)30-17-35-12-11-23(30)14-24;/h5-10,13-16,18,35H,11-12,17H2,1-4H3,(H2,34,38);1H. The molecule has 0 saturated heterocycles. The Morgan fingerprint density at radius 3 is 2.38 bits per heavy atom. The molecule has 216 valence electrons. The Morgan fingerprint density at radius 1 is 0.929 bits per heavy atom. The number of aryl methyl sites for hydroxylation is 2. The average Bonchev–Trinajstić information content (AvgIpc) is 3.34. The topological polar surface area (TPSA) is 107 Å². The van der Waals surface area contributed by atoms with E-state index in [2.05, 4.69) is 24.4 Å². The van der Waals surface area contributed by atoms with E-state index in [0.29, 0.717) is 16.6 Å². The molecule has 0 bridgehead atoms. The van der Waals surface area contributed by atoms with Crippen LogP contribution in [0.3, 0.4) is 0 Å². The first kappa shape index (κ1) is 29.5. The number of hydrogen-bond acceptors (Lipinski definition) is 5. The van der Waals surface area contributed by atoms with Gasteiger partial charge in [0.1, 0.15) is 0 Å². The van der Waals surface area contributed by atoms with Crippen molar-refractivity contribution in [2.75, 3.05) is 6.54 Å². The molecule has 6 rings (SSSR count). The van der Waals surface area contributed by atoms with Crippen LogP contribution < -0.4 is 11.1 Å². The summed E-state index contributed by atoms with van der Waals surface area (Å²) in [4.78, 5) is 16.9. The zero-order valence-corrected chi connectivity index (χ0v) is 25.6. The van der Waals surface area contributed by atoms with Gasteiger partial charge < -0.3 is 11.1 Å². The molecule has 7 nitrogen and oxygen atoms in total. The van der Waals surface area contributed by atoms with E-state index in [9.17, 15) is 13.2 Å². The van der Waals surface area contributed by atoms with E-state index in [1.165, 1.54) is 20.7 Å². The molecule has 3 N–H and O–H groups in total. The van der Waals surface area contributed by atoms with Crippen LogP contribution in [0.25, 0.3) is 33.3 Å². The van der Waals surface area contributed by atoms with E-state index in [4.69, 9.17) is 10.7 Å². The molecule has 2 aromatic heterocycles. The third-order valence-corrected chi connectivity index (χ3v) is 9.97. The number of fused-ring (bicyclic) bond motifs is 2. The fourth-order valence-electron chi connectivity index (χ4n) is 5.81. The van der Waals surface area contributed by atoms with Crippen LogP contribution in [0.5, 0.6) is 0 Å². The lowest BCUT2D eigenvalue weighted by molar-refractivity contribution is 0.0999. The number of primary amides is 1. The van der Waals surface area contributed by atoms with Gasteiger partial charge in [-0.3, -0.25) is 4.79 Å². The molecule has 0 radical (unpaired) electrons. The summed E-state index contributed by atoms with van der Waals surface area (Å²) >= 11 is 0. The van der Waals surface area contributed by atoms with Crippen molar-refractivity contribution in [3.63, 3.8) is 0 Å². The third-order valence-electron chi connectivity index (χ3n) is 8.30. The van der Waals surface area contributed by atoms with Gasteiger partial charge in [0.2, 0.25) is 5.91 Å². The SMILES string of the molecule is Cc1ccc(S(=O)(=O)n2cc(-c3ccc(C(N)=O)c(C)c3C)c3cc(-c4cc(C)c5c(c4)CCNC5)cnc32)cc1.Cl. The van der Waals surface area contributed by atoms with Gasteiger partial charge in [0.25, 0.3) is 10.0 Å². The summed E-state index contributed by atoms with van der Waals surface area (Å²) in [5, 5.41) is 4.16. The predicted octanol–water partition coefficient (Wildman–Crippen LogP) is 6.01.